The molecule has 0 saturated carbocycles. The van der Waals surface area contributed by atoms with Gasteiger partial charge in [0.25, 0.3) is 0 Å². The molecule has 1 saturated heterocycles. The number of rotatable bonds is 12. The van der Waals surface area contributed by atoms with Gasteiger partial charge in [0.05, 0.1) is 12.4 Å². The Morgan fingerprint density at radius 1 is 1.26 bits per heavy atom. The first kappa shape index (κ1) is 26.7. The van der Waals surface area contributed by atoms with Crippen molar-refractivity contribution in [2.45, 2.75) is 69.3 Å². The third-order valence-corrected chi connectivity index (χ3v) is 5.55. The number of likely N-dealkylation sites (tertiary alicyclic amines) is 1. The summed E-state index contributed by atoms with van der Waals surface area (Å²) in [6.45, 7) is 1.64. The van der Waals surface area contributed by atoms with E-state index >= 15 is 0 Å². The number of hydrogen-bond donors (Lipinski definition) is 7. The summed E-state index contributed by atoms with van der Waals surface area (Å²) in [5, 5.41) is 23.9. The summed E-state index contributed by atoms with van der Waals surface area (Å²) >= 11 is 0. The molecule has 1 aliphatic rings. The SMILES string of the molecule is CC(O)C(N)C(=O)N1CCCC1C(=O)NC(Cc1cnc[nH]1)C(=O)NC(CCC(N)=O)C(=O)O. The molecule has 0 spiro atoms. The van der Waals surface area contributed by atoms with Crippen LogP contribution in [0.1, 0.15) is 38.3 Å². The van der Waals surface area contributed by atoms with Crippen LogP contribution in [0.5, 0.6) is 0 Å². The van der Waals surface area contributed by atoms with Crippen LogP contribution in [0.25, 0.3) is 0 Å². The number of primary amides is 1. The molecule has 1 aliphatic heterocycles. The van der Waals surface area contributed by atoms with Crippen LogP contribution in [0.2, 0.25) is 0 Å². The molecule has 2 rings (SSSR count). The van der Waals surface area contributed by atoms with E-state index in [1.165, 1.54) is 24.3 Å². The van der Waals surface area contributed by atoms with E-state index in [1.807, 2.05) is 0 Å². The quantitative estimate of drug-likeness (QED) is 0.161. The molecule has 14 nitrogen and oxygen atoms in total. The van der Waals surface area contributed by atoms with Gasteiger partial charge in [0, 0.05) is 31.3 Å². The van der Waals surface area contributed by atoms with Gasteiger partial charge in [-0.15, -0.1) is 0 Å². The first-order chi connectivity index (χ1) is 16.0. The number of imidazole rings is 1. The zero-order valence-corrected chi connectivity index (χ0v) is 18.8. The first-order valence-electron chi connectivity index (χ1n) is 10.8. The zero-order chi connectivity index (χ0) is 25.4. The van der Waals surface area contributed by atoms with Crippen molar-refractivity contribution in [1.29, 1.82) is 0 Å². The molecule has 14 heteroatoms. The van der Waals surface area contributed by atoms with E-state index in [9.17, 15) is 34.2 Å². The number of aliphatic hydroxyl groups excluding tert-OH is 1. The van der Waals surface area contributed by atoms with Gasteiger partial charge in [-0.2, -0.15) is 0 Å². The Kier molecular flexibility index (Phi) is 9.50. The normalized spacial score (nSPS) is 19.0. The van der Waals surface area contributed by atoms with E-state index in [2.05, 4.69) is 20.6 Å². The van der Waals surface area contributed by atoms with E-state index in [1.54, 1.807) is 0 Å². The molecule has 5 unspecified atom stereocenters. The smallest absolute Gasteiger partial charge is 0.326 e. The van der Waals surface area contributed by atoms with Crippen molar-refractivity contribution in [2.24, 2.45) is 11.5 Å². The Morgan fingerprint density at radius 2 is 1.97 bits per heavy atom. The van der Waals surface area contributed by atoms with Gasteiger partial charge in [0.15, 0.2) is 0 Å². The van der Waals surface area contributed by atoms with E-state index in [-0.39, 0.29) is 25.8 Å². The first-order valence-corrected chi connectivity index (χ1v) is 10.8. The fourth-order valence-electron chi connectivity index (χ4n) is 3.61. The van der Waals surface area contributed by atoms with E-state index < -0.39 is 59.9 Å². The molecule has 2 heterocycles. The number of aliphatic hydroxyl groups is 1. The molecule has 0 bridgehead atoms. The van der Waals surface area contributed by atoms with Crippen molar-refractivity contribution in [2.75, 3.05) is 6.54 Å². The molecule has 0 radical (unpaired) electrons. The Bertz CT molecular complexity index is 890. The van der Waals surface area contributed by atoms with Crippen molar-refractivity contribution in [3.05, 3.63) is 18.2 Å². The highest BCUT2D eigenvalue weighted by Crippen LogP contribution is 2.19. The molecule has 5 atom stereocenters. The number of carboxylic acids is 1. The van der Waals surface area contributed by atoms with E-state index in [0.717, 1.165) is 0 Å². The maximum absolute atomic E-state index is 13.0. The topological polar surface area (TPSA) is 234 Å². The number of carboxylic acid groups (broad SMARTS) is 1. The number of amides is 4. The lowest BCUT2D eigenvalue weighted by Gasteiger charge is -2.29. The number of nitrogens with zero attached hydrogens (tertiary/aromatic N) is 2. The minimum atomic E-state index is -1.39. The number of H-pyrrole nitrogens is 1. The van der Waals surface area contributed by atoms with Gasteiger partial charge in [-0.1, -0.05) is 0 Å². The summed E-state index contributed by atoms with van der Waals surface area (Å²) < 4.78 is 0. The molecule has 1 aromatic rings. The van der Waals surface area contributed by atoms with Gasteiger partial charge in [0.1, 0.15) is 24.2 Å². The molecule has 188 valence electrons. The standard InChI is InChI=1S/C20H31N7O7/c1-10(28)16(22)19(32)27-6-2-3-14(27)18(31)26-13(7-11-8-23-9-24-11)17(30)25-12(20(33)34)4-5-15(21)29/h8-10,12-14,16,28H,2-7,22H2,1H3,(H2,21,29)(H,23,24)(H,25,30)(H,26,31)(H,33,34). The molecule has 9 N–H and O–H groups in total. The van der Waals surface area contributed by atoms with Crippen LogP contribution >= 0.6 is 0 Å². The van der Waals surface area contributed by atoms with Crippen LogP contribution < -0.4 is 22.1 Å². The number of aromatic amines is 1. The summed E-state index contributed by atoms with van der Waals surface area (Å²) in [6, 6.07) is -4.69. The largest absolute Gasteiger partial charge is 0.480 e. The molecular weight excluding hydrogens is 450 g/mol. The molecule has 0 aromatic carbocycles. The van der Waals surface area contributed by atoms with Gasteiger partial charge >= 0.3 is 5.97 Å². The number of aliphatic carboxylic acids is 1. The molecule has 0 aliphatic carbocycles. The summed E-state index contributed by atoms with van der Waals surface area (Å²) in [7, 11) is 0. The average molecular weight is 482 g/mol. The molecular formula is C20H31N7O7. The fraction of sp³-hybridized carbons (Fsp3) is 0.600. The lowest BCUT2D eigenvalue weighted by molar-refractivity contribution is -0.143. The van der Waals surface area contributed by atoms with E-state index in [4.69, 9.17) is 11.5 Å². The Hall–Kier alpha value is -3.52. The van der Waals surface area contributed by atoms with Crippen molar-refractivity contribution >= 4 is 29.6 Å². The van der Waals surface area contributed by atoms with Gasteiger partial charge < -0.3 is 42.2 Å². The highest BCUT2D eigenvalue weighted by Gasteiger charge is 2.39. The van der Waals surface area contributed by atoms with Crippen LogP contribution in [0.3, 0.4) is 0 Å². The van der Waals surface area contributed by atoms with Crippen LogP contribution in [0.15, 0.2) is 12.5 Å². The van der Waals surface area contributed by atoms with Gasteiger partial charge in [-0.05, 0) is 26.2 Å². The summed E-state index contributed by atoms with van der Waals surface area (Å²) in [5.41, 5.74) is 11.3. The van der Waals surface area contributed by atoms with Crippen LogP contribution in [0, 0.1) is 0 Å². The monoisotopic (exact) mass is 481 g/mol. The van der Waals surface area contributed by atoms with Gasteiger partial charge in [-0.25, -0.2) is 9.78 Å². The highest BCUT2D eigenvalue weighted by atomic mass is 16.4. The fourth-order valence-corrected chi connectivity index (χ4v) is 3.61. The second-order valence-electron chi connectivity index (χ2n) is 8.20. The maximum Gasteiger partial charge on any atom is 0.326 e. The van der Waals surface area contributed by atoms with Gasteiger partial charge in [0.2, 0.25) is 23.6 Å². The number of carbonyl (C=O) groups is 5. The van der Waals surface area contributed by atoms with Crippen LogP contribution in [-0.2, 0) is 30.4 Å². The maximum atomic E-state index is 13.0. The second kappa shape index (κ2) is 12.1. The van der Waals surface area contributed by atoms with Crippen molar-refractivity contribution < 1.29 is 34.2 Å². The van der Waals surface area contributed by atoms with E-state index in [0.29, 0.717) is 18.5 Å². The minimum Gasteiger partial charge on any atom is -0.480 e. The zero-order valence-electron chi connectivity index (χ0n) is 18.8. The lowest BCUT2D eigenvalue weighted by atomic mass is 10.1. The number of aromatic nitrogens is 2. The Balaban J connectivity index is 2.16. The number of nitrogens with one attached hydrogen (secondary N) is 3. The van der Waals surface area contributed by atoms with Crippen LogP contribution in [0.4, 0.5) is 0 Å². The number of carbonyl (C=O) groups excluding carboxylic acids is 4. The summed E-state index contributed by atoms with van der Waals surface area (Å²) in [4.78, 5) is 69.0. The lowest BCUT2D eigenvalue weighted by Crippen LogP contribution is -2.58. The summed E-state index contributed by atoms with van der Waals surface area (Å²) in [5.74, 6) is -4.08. The third kappa shape index (κ3) is 7.25. The molecule has 4 amide bonds. The van der Waals surface area contributed by atoms with Gasteiger partial charge in [-0.3, -0.25) is 19.2 Å². The number of hydrogen-bond acceptors (Lipinski definition) is 8. The predicted octanol–water partition coefficient (Wildman–Crippen LogP) is -3.03. The minimum absolute atomic E-state index is 0.0341. The molecule has 34 heavy (non-hydrogen) atoms. The van der Waals surface area contributed by atoms with Crippen molar-refractivity contribution in [1.82, 2.24) is 25.5 Å². The Labute approximate surface area is 195 Å². The Morgan fingerprint density at radius 3 is 2.53 bits per heavy atom. The third-order valence-electron chi connectivity index (χ3n) is 5.55. The summed E-state index contributed by atoms with van der Waals surface area (Å²) in [6.07, 6.45) is 2.08. The molecule has 1 fully saturated rings. The average Bonchev–Trinajstić information content (AvgIpc) is 3.46. The predicted molar refractivity (Wildman–Crippen MR) is 117 cm³/mol. The van der Waals surface area contributed by atoms with Crippen LogP contribution in [-0.4, -0.2) is 91.5 Å². The second-order valence-corrected chi connectivity index (χ2v) is 8.20. The van der Waals surface area contributed by atoms with Crippen molar-refractivity contribution in [3.8, 4) is 0 Å². The highest BCUT2D eigenvalue weighted by molar-refractivity contribution is 5.94. The molecule has 1 aromatic heterocycles. The van der Waals surface area contributed by atoms with Crippen molar-refractivity contribution in [3.63, 3.8) is 0 Å². The number of nitrogens with two attached hydrogens (primary N) is 2.